The summed E-state index contributed by atoms with van der Waals surface area (Å²) < 4.78 is 0. The first kappa shape index (κ1) is 16.6. The van der Waals surface area contributed by atoms with E-state index in [0.717, 1.165) is 54.8 Å². The van der Waals surface area contributed by atoms with Gasteiger partial charge in [-0.1, -0.05) is 0 Å². The molecule has 5 heteroatoms. The minimum atomic E-state index is 0.500. The molecule has 1 aliphatic carbocycles. The van der Waals surface area contributed by atoms with Crippen LogP contribution in [0.1, 0.15) is 60.3 Å². The number of nitrogens with zero attached hydrogens (tertiary/aromatic N) is 5. The van der Waals surface area contributed by atoms with Crippen LogP contribution in [-0.2, 0) is 0 Å². The quantitative estimate of drug-likeness (QED) is 0.698. The normalized spacial score (nSPS) is 18.2. The van der Waals surface area contributed by atoms with Crippen molar-refractivity contribution in [1.29, 1.82) is 0 Å². The van der Waals surface area contributed by atoms with Crippen LogP contribution in [0, 0.1) is 13.8 Å². The van der Waals surface area contributed by atoms with Gasteiger partial charge in [-0.15, -0.1) is 0 Å². The fourth-order valence-electron chi connectivity index (χ4n) is 4.17. The summed E-state index contributed by atoms with van der Waals surface area (Å²) in [6.45, 7) is 6.01. The molecule has 2 aliphatic rings. The minimum absolute atomic E-state index is 0.500. The van der Waals surface area contributed by atoms with Crippen molar-refractivity contribution in [2.24, 2.45) is 0 Å². The molecule has 1 aliphatic heterocycles. The number of fused-ring (bicyclic) bond motifs is 1. The van der Waals surface area contributed by atoms with E-state index in [-0.39, 0.29) is 0 Å². The van der Waals surface area contributed by atoms with Crippen LogP contribution in [0.15, 0.2) is 30.5 Å². The van der Waals surface area contributed by atoms with Gasteiger partial charge in [0.25, 0.3) is 0 Å². The molecule has 1 saturated heterocycles. The molecule has 0 amide bonds. The van der Waals surface area contributed by atoms with Crippen LogP contribution in [0.2, 0.25) is 0 Å². The van der Waals surface area contributed by atoms with Crippen molar-refractivity contribution in [1.82, 2.24) is 19.9 Å². The third-order valence-electron chi connectivity index (χ3n) is 5.82. The summed E-state index contributed by atoms with van der Waals surface area (Å²) in [6, 6.07) is 8.78. The van der Waals surface area contributed by atoms with Gasteiger partial charge < -0.3 is 4.90 Å². The van der Waals surface area contributed by atoms with Crippen LogP contribution in [0.25, 0.3) is 11.0 Å². The van der Waals surface area contributed by atoms with Crippen LogP contribution in [-0.4, -0.2) is 33.0 Å². The van der Waals surface area contributed by atoms with Crippen LogP contribution < -0.4 is 4.90 Å². The van der Waals surface area contributed by atoms with Gasteiger partial charge in [-0.3, -0.25) is 0 Å². The molecule has 4 heterocycles. The molecule has 2 fully saturated rings. The first-order valence-electron chi connectivity index (χ1n) is 9.99. The molecule has 5 nitrogen and oxygen atoms in total. The predicted octanol–water partition coefficient (Wildman–Crippen LogP) is 4.30. The molecule has 5 rings (SSSR count). The maximum absolute atomic E-state index is 4.89. The summed E-state index contributed by atoms with van der Waals surface area (Å²) >= 11 is 0. The Hall–Kier alpha value is -2.56. The topological polar surface area (TPSA) is 54.8 Å². The molecule has 27 heavy (non-hydrogen) atoms. The second-order valence-corrected chi connectivity index (χ2v) is 8.00. The number of anilines is 1. The zero-order valence-corrected chi connectivity index (χ0v) is 16.0. The minimum Gasteiger partial charge on any atom is -0.356 e. The van der Waals surface area contributed by atoms with E-state index in [1.165, 1.54) is 29.5 Å². The van der Waals surface area contributed by atoms with E-state index in [1.807, 2.05) is 20.0 Å². The molecule has 3 aromatic rings. The zero-order chi connectivity index (χ0) is 18.4. The zero-order valence-electron chi connectivity index (χ0n) is 16.0. The van der Waals surface area contributed by atoms with Gasteiger partial charge in [0.1, 0.15) is 11.6 Å². The van der Waals surface area contributed by atoms with Crippen LogP contribution in [0.4, 0.5) is 5.82 Å². The summed E-state index contributed by atoms with van der Waals surface area (Å²) in [4.78, 5) is 20.9. The van der Waals surface area contributed by atoms with Gasteiger partial charge in [-0.05, 0) is 69.2 Å². The van der Waals surface area contributed by atoms with Crippen molar-refractivity contribution in [3.05, 3.63) is 53.2 Å². The highest BCUT2D eigenvalue weighted by Crippen LogP contribution is 2.40. The smallest absolute Gasteiger partial charge is 0.159 e. The van der Waals surface area contributed by atoms with E-state index in [1.54, 1.807) is 0 Å². The van der Waals surface area contributed by atoms with Crippen molar-refractivity contribution in [2.75, 3.05) is 18.0 Å². The molecule has 3 aromatic heterocycles. The Bertz CT molecular complexity index is 967. The Morgan fingerprint density at radius 2 is 1.70 bits per heavy atom. The fourth-order valence-corrected chi connectivity index (χ4v) is 4.17. The molecule has 0 N–H and O–H groups in total. The van der Waals surface area contributed by atoms with E-state index in [2.05, 4.69) is 44.1 Å². The molecule has 0 aromatic carbocycles. The Balaban J connectivity index is 1.32. The van der Waals surface area contributed by atoms with Gasteiger partial charge in [0.05, 0.1) is 0 Å². The maximum atomic E-state index is 4.89. The van der Waals surface area contributed by atoms with Gasteiger partial charge in [0.2, 0.25) is 0 Å². The van der Waals surface area contributed by atoms with Crippen LogP contribution >= 0.6 is 0 Å². The Morgan fingerprint density at radius 3 is 2.44 bits per heavy atom. The second-order valence-electron chi connectivity index (χ2n) is 8.00. The number of aryl methyl sites for hydroxylation is 2. The lowest BCUT2D eigenvalue weighted by Gasteiger charge is -2.32. The van der Waals surface area contributed by atoms with Crippen LogP contribution in [0.5, 0.6) is 0 Å². The summed E-state index contributed by atoms with van der Waals surface area (Å²) in [7, 11) is 0. The average molecular weight is 359 g/mol. The van der Waals surface area contributed by atoms with Crippen molar-refractivity contribution < 1.29 is 0 Å². The molecule has 1 saturated carbocycles. The molecule has 0 bridgehead atoms. The van der Waals surface area contributed by atoms with Crippen molar-refractivity contribution in [3.63, 3.8) is 0 Å². The fraction of sp³-hybridized carbons (Fsp3) is 0.455. The lowest BCUT2D eigenvalue weighted by molar-refractivity contribution is 0.494. The first-order valence-corrected chi connectivity index (χ1v) is 9.99. The van der Waals surface area contributed by atoms with E-state index >= 15 is 0 Å². The number of aromatic nitrogens is 4. The molecule has 0 unspecified atom stereocenters. The van der Waals surface area contributed by atoms with Gasteiger partial charge in [0.15, 0.2) is 5.65 Å². The Kier molecular flexibility index (Phi) is 4.03. The predicted molar refractivity (Wildman–Crippen MR) is 107 cm³/mol. The lowest BCUT2D eigenvalue weighted by atomic mass is 9.92. The lowest BCUT2D eigenvalue weighted by Crippen LogP contribution is -2.34. The summed E-state index contributed by atoms with van der Waals surface area (Å²) in [5, 5.41) is 1.17. The second kappa shape index (κ2) is 6.55. The van der Waals surface area contributed by atoms with E-state index < -0.39 is 0 Å². The van der Waals surface area contributed by atoms with Crippen LogP contribution in [0.3, 0.4) is 0 Å². The summed E-state index contributed by atoms with van der Waals surface area (Å²) in [6.07, 6.45) is 6.84. The standard InChI is InChI=1S/C22H25N5/c1-14-11-21(25-15(2)24-14)27-9-7-17(8-10-27)20-6-5-18-12-19(16-3-4-16)13-23-22(18)26-20/h5-6,11-13,16-17H,3-4,7-10H2,1-2H3. The summed E-state index contributed by atoms with van der Waals surface area (Å²) in [5.41, 5.74) is 4.48. The highest BCUT2D eigenvalue weighted by atomic mass is 15.2. The monoisotopic (exact) mass is 359 g/mol. The molecular weight excluding hydrogens is 334 g/mol. The molecule has 0 atom stereocenters. The van der Waals surface area contributed by atoms with Crippen molar-refractivity contribution in [2.45, 2.75) is 51.4 Å². The first-order chi connectivity index (χ1) is 13.2. The number of pyridine rings is 2. The molecule has 0 spiro atoms. The molecule has 138 valence electrons. The van der Waals surface area contributed by atoms with Crippen molar-refractivity contribution >= 4 is 16.9 Å². The van der Waals surface area contributed by atoms with Gasteiger partial charge in [0, 0.05) is 48.0 Å². The Labute approximate surface area is 159 Å². The third kappa shape index (κ3) is 3.38. The molecule has 0 radical (unpaired) electrons. The number of rotatable bonds is 3. The van der Waals surface area contributed by atoms with E-state index in [9.17, 15) is 0 Å². The maximum Gasteiger partial charge on any atom is 0.159 e. The highest BCUT2D eigenvalue weighted by Gasteiger charge is 2.25. The van der Waals surface area contributed by atoms with E-state index in [4.69, 9.17) is 4.98 Å². The number of hydrogen-bond acceptors (Lipinski definition) is 5. The number of piperidine rings is 1. The van der Waals surface area contributed by atoms with Gasteiger partial charge in [-0.25, -0.2) is 19.9 Å². The third-order valence-corrected chi connectivity index (χ3v) is 5.82. The van der Waals surface area contributed by atoms with Gasteiger partial charge in [-0.2, -0.15) is 0 Å². The number of hydrogen-bond donors (Lipinski definition) is 0. The van der Waals surface area contributed by atoms with Gasteiger partial charge >= 0.3 is 0 Å². The Morgan fingerprint density at radius 1 is 0.889 bits per heavy atom. The average Bonchev–Trinajstić information content (AvgIpc) is 3.52. The van der Waals surface area contributed by atoms with E-state index in [0.29, 0.717) is 5.92 Å². The summed E-state index contributed by atoms with van der Waals surface area (Å²) in [5.74, 6) is 3.14. The highest BCUT2D eigenvalue weighted by molar-refractivity contribution is 5.75. The molecular formula is C22H25N5. The van der Waals surface area contributed by atoms with Crippen molar-refractivity contribution in [3.8, 4) is 0 Å². The largest absolute Gasteiger partial charge is 0.356 e. The SMILES string of the molecule is Cc1cc(N2CCC(c3ccc4cc(C5CC5)cnc4n3)CC2)nc(C)n1.